The van der Waals surface area contributed by atoms with Crippen molar-refractivity contribution in [3.8, 4) is 17.2 Å². The second-order valence-electron chi connectivity index (χ2n) is 7.81. The van der Waals surface area contributed by atoms with E-state index in [2.05, 4.69) is 15.3 Å². The van der Waals surface area contributed by atoms with E-state index in [0.29, 0.717) is 37.0 Å². The van der Waals surface area contributed by atoms with Crippen LogP contribution in [0.3, 0.4) is 0 Å². The molecule has 1 aliphatic rings. The number of methoxy groups -OCH3 is 1. The molecule has 7 nitrogen and oxygen atoms in total. The van der Waals surface area contributed by atoms with Gasteiger partial charge in [0.1, 0.15) is 11.5 Å². The van der Waals surface area contributed by atoms with Crippen molar-refractivity contribution in [1.29, 1.82) is 0 Å². The molecule has 1 saturated heterocycles. The van der Waals surface area contributed by atoms with Crippen LogP contribution in [0.15, 0.2) is 60.9 Å². The first-order valence-electron chi connectivity index (χ1n) is 10.7. The molecule has 0 aliphatic carbocycles. The van der Waals surface area contributed by atoms with Crippen LogP contribution >= 0.6 is 0 Å². The third-order valence-corrected chi connectivity index (χ3v) is 5.46. The van der Waals surface area contributed by atoms with Gasteiger partial charge < -0.3 is 19.7 Å². The van der Waals surface area contributed by atoms with Crippen LogP contribution in [-0.4, -0.2) is 36.1 Å². The number of ether oxygens (including phenoxy) is 2. The number of hydrogen-bond acceptors (Lipinski definition) is 6. The van der Waals surface area contributed by atoms with Crippen molar-refractivity contribution in [2.75, 3.05) is 30.4 Å². The number of anilines is 2. The Hall–Kier alpha value is -3.82. The summed E-state index contributed by atoms with van der Waals surface area (Å²) in [4.78, 5) is 23.4. The van der Waals surface area contributed by atoms with E-state index in [1.165, 1.54) is 13.2 Å². The lowest BCUT2D eigenvalue weighted by Gasteiger charge is -2.32. The number of benzene rings is 2. The van der Waals surface area contributed by atoms with Crippen molar-refractivity contribution in [2.24, 2.45) is 5.92 Å². The smallest absolute Gasteiger partial charge is 0.416 e. The third kappa shape index (κ3) is 5.56. The van der Waals surface area contributed by atoms with E-state index in [4.69, 9.17) is 9.47 Å². The summed E-state index contributed by atoms with van der Waals surface area (Å²) >= 11 is 0. The van der Waals surface area contributed by atoms with Crippen molar-refractivity contribution >= 4 is 17.5 Å². The number of carbonyl (C=O) groups excluding carboxylic acids is 1. The molecule has 1 amide bonds. The molecule has 0 spiro atoms. The highest BCUT2D eigenvalue weighted by Crippen LogP contribution is 2.38. The van der Waals surface area contributed by atoms with Crippen LogP contribution in [0.4, 0.5) is 24.8 Å². The third-order valence-electron chi connectivity index (χ3n) is 5.46. The van der Waals surface area contributed by atoms with E-state index in [-0.39, 0.29) is 11.4 Å². The Kier molecular flexibility index (Phi) is 6.85. The number of nitrogens with zero attached hydrogens (tertiary/aromatic N) is 3. The fourth-order valence-corrected chi connectivity index (χ4v) is 3.75. The summed E-state index contributed by atoms with van der Waals surface area (Å²) in [6.45, 7) is 1.06. The minimum Gasteiger partial charge on any atom is -0.497 e. The maximum absolute atomic E-state index is 13.4. The van der Waals surface area contributed by atoms with Crippen LogP contribution in [0.25, 0.3) is 0 Å². The summed E-state index contributed by atoms with van der Waals surface area (Å²) in [6.07, 6.45) is 0.000248. The standard InChI is InChI=1S/C24H23F3N4O3/c1-33-18-6-2-7-19(14-18)34-21-9-8-17(24(25,26)27)13-20(21)30-22(32)16-5-3-12-31(15-16)23-28-10-4-11-29-23/h2,4,6-11,13-14,16H,3,5,12,15H2,1H3,(H,30,32). The Morgan fingerprint density at radius 1 is 1.09 bits per heavy atom. The van der Waals surface area contributed by atoms with Crippen molar-refractivity contribution in [3.63, 3.8) is 0 Å². The molecule has 2 aromatic carbocycles. The first-order valence-corrected chi connectivity index (χ1v) is 10.7. The molecule has 0 saturated carbocycles. The van der Waals surface area contributed by atoms with Gasteiger partial charge in [-0.3, -0.25) is 4.79 Å². The number of piperidine rings is 1. The second-order valence-corrected chi connectivity index (χ2v) is 7.81. The molecule has 0 radical (unpaired) electrons. The predicted octanol–water partition coefficient (Wildman–Crippen LogP) is 5.15. The number of aromatic nitrogens is 2. The molecule has 1 aliphatic heterocycles. The molecule has 1 N–H and O–H groups in total. The van der Waals surface area contributed by atoms with Gasteiger partial charge in [-0.25, -0.2) is 9.97 Å². The maximum Gasteiger partial charge on any atom is 0.416 e. The van der Waals surface area contributed by atoms with Crippen molar-refractivity contribution in [2.45, 2.75) is 19.0 Å². The summed E-state index contributed by atoms with van der Waals surface area (Å²) in [5.41, 5.74) is -0.945. The summed E-state index contributed by atoms with van der Waals surface area (Å²) < 4.78 is 51.1. The van der Waals surface area contributed by atoms with E-state index in [1.807, 2.05) is 4.90 Å². The largest absolute Gasteiger partial charge is 0.497 e. The summed E-state index contributed by atoms with van der Waals surface area (Å²) in [7, 11) is 1.50. The van der Waals surface area contributed by atoms with E-state index < -0.39 is 23.6 Å². The molecule has 2 heterocycles. The Balaban J connectivity index is 1.56. The van der Waals surface area contributed by atoms with Gasteiger partial charge in [0.15, 0.2) is 5.75 Å². The van der Waals surface area contributed by atoms with Gasteiger partial charge in [-0.15, -0.1) is 0 Å². The molecular formula is C24H23F3N4O3. The van der Waals surface area contributed by atoms with Crippen LogP contribution in [-0.2, 0) is 11.0 Å². The highest BCUT2D eigenvalue weighted by atomic mass is 19.4. The van der Waals surface area contributed by atoms with E-state index in [9.17, 15) is 18.0 Å². The van der Waals surface area contributed by atoms with Crippen LogP contribution in [0, 0.1) is 5.92 Å². The van der Waals surface area contributed by atoms with Crippen LogP contribution < -0.4 is 19.7 Å². The van der Waals surface area contributed by atoms with Gasteiger partial charge >= 0.3 is 6.18 Å². The Labute approximate surface area is 194 Å². The van der Waals surface area contributed by atoms with Gasteiger partial charge in [-0.2, -0.15) is 13.2 Å². The van der Waals surface area contributed by atoms with Crippen LogP contribution in [0.5, 0.6) is 17.2 Å². The molecule has 10 heteroatoms. The average Bonchev–Trinajstić information content (AvgIpc) is 2.85. The lowest BCUT2D eigenvalue weighted by molar-refractivity contribution is -0.137. The molecule has 178 valence electrons. The summed E-state index contributed by atoms with van der Waals surface area (Å²) in [6, 6.07) is 11.4. The fourth-order valence-electron chi connectivity index (χ4n) is 3.75. The number of halogens is 3. The molecule has 34 heavy (non-hydrogen) atoms. The minimum absolute atomic E-state index is 0.0595. The van der Waals surface area contributed by atoms with Crippen LogP contribution in [0.2, 0.25) is 0 Å². The number of hydrogen-bond donors (Lipinski definition) is 1. The van der Waals surface area contributed by atoms with Gasteiger partial charge in [-0.1, -0.05) is 6.07 Å². The summed E-state index contributed by atoms with van der Waals surface area (Å²) in [5, 5.41) is 2.65. The molecule has 4 rings (SSSR count). The maximum atomic E-state index is 13.4. The number of rotatable bonds is 6. The van der Waals surface area contributed by atoms with Gasteiger partial charge in [-0.05, 0) is 49.2 Å². The molecule has 1 unspecified atom stereocenters. The van der Waals surface area contributed by atoms with E-state index in [0.717, 1.165) is 18.6 Å². The lowest BCUT2D eigenvalue weighted by Crippen LogP contribution is -2.41. The Bertz CT molecular complexity index is 1140. The SMILES string of the molecule is COc1cccc(Oc2ccc(C(F)(F)F)cc2NC(=O)C2CCCN(c3ncccn3)C2)c1. The van der Waals surface area contributed by atoms with Crippen molar-refractivity contribution in [1.82, 2.24) is 9.97 Å². The highest BCUT2D eigenvalue weighted by molar-refractivity contribution is 5.94. The number of nitrogens with one attached hydrogen (secondary N) is 1. The monoisotopic (exact) mass is 472 g/mol. The molecule has 1 aromatic heterocycles. The molecule has 1 atom stereocenters. The van der Waals surface area contributed by atoms with Crippen molar-refractivity contribution in [3.05, 3.63) is 66.5 Å². The molecule has 0 bridgehead atoms. The Morgan fingerprint density at radius 3 is 2.59 bits per heavy atom. The highest BCUT2D eigenvalue weighted by Gasteiger charge is 2.32. The molecular weight excluding hydrogens is 449 g/mol. The van der Waals surface area contributed by atoms with Crippen LogP contribution in [0.1, 0.15) is 18.4 Å². The van der Waals surface area contributed by atoms with E-state index >= 15 is 0 Å². The fraction of sp³-hybridized carbons (Fsp3) is 0.292. The number of carbonyl (C=O) groups is 1. The lowest BCUT2D eigenvalue weighted by atomic mass is 9.97. The zero-order valence-electron chi connectivity index (χ0n) is 18.4. The summed E-state index contributed by atoms with van der Waals surface area (Å²) in [5.74, 6) is 0.655. The normalized spacial score (nSPS) is 16.1. The van der Waals surface area contributed by atoms with Gasteiger partial charge in [0.05, 0.1) is 24.3 Å². The molecule has 1 fully saturated rings. The quantitative estimate of drug-likeness (QED) is 0.535. The average molecular weight is 472 g/mol. The van der Waals surface area contributed by atoms with Gasteiger partial charge in [0, 0.05) is 31.5 Å². The molecule has 3 aromatic rings. The Morgan fingerprint density at radius 2 is 1.85 bits per heavy atom. The zero-order valence-corrected chi connectivity index (χ0v) is 18.4. The minimum atomic E-state index is -4.57. The second kappa shape index (κ2) is 9.98. The van der Waals surface area contributed by atoms with Gasteiger partial charge in [0.25, 0.3) is 0 Å². The number of alkyl halides is 3. The van der Waals surface area contributed by atoms with E-state index in [1.54, 1.807) is 42.7 Å². The first kappa shape index (κ1) is 23.3. The first-order chi connectivity index (χ1) is 16.3. The predicted molar refractivity (Wildman–Crippen MR) is 120 cm³/mol. The van der Waals surface area contributed by atoms with Gasteiger partial charge in [0.2, 0.25) is 11.9 Å². The topological polar surface area (TPSA) is 76.6 Å². The van der Waals surface area contributed by atoms with Crippen molar-refractivity contribution < 1.29 is 27.4 Å². The number of amides is 1. The zero-order chi connectivity index (χ0) is 24.1.